The Kier molecular flexibility index (Phi) is 2.90. The number of rotatable bonds is 1. The van der Waals surface area contributed by atoms with Crippen molar-refractivity contribution in [1.29, 1.82) is 0 Å². The van der Waals surface area contributed by atoms with Crippen LogP contribution in [0.2, 0.25) is 0 Å². The molecule has 3 nitrogen and oxygen atoms in total. The van der Waals surface area contributed by atoms with Gasteiger partial charge in [-0.15, -0.1) is 0 Å². The molecule has 2 atom stereocenters. The van der Waals surface area contributed by atoms with Gasteiger partial charge in [0.2, 0.25) is 0 Å². The Morgan fingerprint density at radius 1 is 1.28 bits per heavy atom. The standard InChI is InChI=1S/C14H16BrN3/c1-9-8-10(2)18-14(16-9)12(15)13(17-18)11-6-4-3-5-7-11/h3-7,9-10,16H,8H2,1-2H3. The Morgan fingerprint density at radius 3 is 2.72 bits per heavy atom. The van der Waals surface area contributed by atoms with E-state index in [0.29, 0.717) is 12.1 Å². The third-order valence-corrected chi connectivity index (χ3v) is 4.15. The lowest BCUT2D eigenvalue weighted by molar-refractivity contribution is 0.414. The van der Waals surface area contributed by atoms with Crippen LogP contribution >= 0.6 is 15.9 Å². The topological polar surface area (TPSA) is 29.9 Å². The Hall–Kier alpha value is -1.29. The summed E-state index contributed by atoms with van der Waals surface area (Å²) in [5, 5.41) is 8.25. The number of benzene rings is 1. The van der Waals surface area contributed by atoms with E-state index in [1.165, 1.54) is 0 Å². The average molecular weight is 306 g/mol. The van der Waals surface area contributed by atoms with Crippen molar-refractivity contribution in [3.8, 4) is 11.3 Å². The van der Waals surface area contributed by atoms with Crippen molar-refractivity contribution in [1.82, 2.24) is 9.78 Å². The molecule has 0 aliphatic carbocycles. The molecule has 1 aliphatic heterocycles. The first-order valence-corrected chi connectivity index (χ1v) is 7.06. The fraction of sp³-hybridized carbons (Fsp3) is 0.357. The maximum Gasteiger partial charge on any atom is 0.139 e. The first-order valence-electron chi connectivity index (χ1n) is 6.26. The zero-order valence-electron chi connectivity index (χ0n) is 10.5. The van der Waals surface area contributed by atoms with E-state index in [9.17, 15) is 0 Å². The highest BCUT2D eigenvalue weighted by Crippen LogP contribution is 2.38. The number of halogens is 1. The molecule has 1 aromatic heterocycles. The highest BCUT2D eigenvalue weighted by atomic mass is 79.9. The summed E-state index contributed by atoms with van der Waals surface area (Å²) in [5.74, 6) is 1.10. The molecule has 2 aromatic rings. The van der Waals surface area contributed by atoms with Gasteiger partial charge < -0.3 is 5.32 Å². The van der Waals surface area contributed by atoms with Gasteiger partial charge in [-0.1, -0.05) is 30.3 Å². The van der Waals surface area contributed by atoms with Gasteiger partial charge in [0.05, 0.1) is 10.5 Å². The van der Waals surface area contributed by atoms with Gasteiger partial charge in [-0.3, -0.25) is 0 Å². The van der Waals surface area contributed by atoms with Gasteiger partial charge in [0.1, 0.15) is 11.5 Å². The van der Waals surface area contributed by atoms with Crippen molar-refractivity contribution in [3.05, 3.63) is 34.8 Å². The lowest BCUT2D eigenvalue weighted by Gasteiger charge is -2.28. The molecule has 1 aromatic carbocycles. The van der Waals surface area contributed by atoms with E-state index in [0.717, 1.165) is 28.0 Å². The number of aromatic nitrogens is 2. The minimum absolute atomic E-state index is 0.435. The van der Waals surface area contributed by atoms with Crippen molar-refractivity contribution in [2.45, 2.75) is 32.4 Å². The zero-order chi connectivity index (χ0) is 12.7. The number of anilines is 1. The quantitative estimate of drug-likeness (QED) is 0.860. The molecule has 0 spiro atoms. The van der Waals surface area contributed by atoms with E-state index in [2.05, 4.69) is 51.9 Å². The Labute approximate surface area is 115 Å². The van der Waals surface area contributed by atoms with Crippen molar-refractivity contribution in [3.63, 3.8) is 0 Å². The Morgan fingerprint density at radius 2 is 2.00 bits per heavy atom. The van der Waals surface area contributed by atoms with Crippen LogP contribution in [0.5, 0.6) is 0 Å². The van der Waals surface area contributed by atoms with Crippen LogP contribution in [0.1, 0.15) is 26.3 Å². The summed E-state index contributed by atoms with van der Waals surface area (Å²) in [6, 6.07) is 11.2. The molecule has 2 unspecified atom stereocenters. The van der Waals surface area contributed by atoms with Crippen LogP contribution in [-0.4, -0.2) is 15.8 Å². The molecule has 0 amide bonds. The van der Waals surface area contributed by atoms with Crippen molar-refractivity contribution in [2.75, 3.05) is 5.32 Å². The van der Waals surface area contributed by atoms with Crippen molar-refractivity contribution >= 4 is 21.7 Å². The maximum atomic E-state index is 4.74. The van der Waals surface area contributed by atoms with E-state index in [1.54, 1.807) is 0 Å². The zero-order valence-corrected chi connectivity index (χ0v) is 12.1. The van der Waals surface area contributed by atoms with Crippen LogP contribution < -0.4 is 5.32 Å². The fourth-order valence-electron chi connectivity index (χ4n) is 2.55. The smallest absolute Gasteiger partial charge is 0.139 e. The van der Waals surface area contributed by atoms with E-state index < -0.39 is 0 Å². The molecule has 0 saturated carbocycles. The van der Waals surface area contributed by atoms with E-state index in [-0.39, 0.29) is 0 Å². The first-order chi connectivity index (χ1) is 8.66. The SMILES string of the molecule is CC1CC(C)n2nc(-c3ccccc3)c(Br)c2N1. The Bertz CT molecular complexity index is 562. The number of nitrogens with zero attached hydrogens (tertiary/aromatic N) is 2. The predicted octanol–water partition coefficient (Wildman–Crippen LogP) is 4.08. The minimum atomic E-state index is 0.435. The first kappa shape index (κ1) is 11.8. The molecule has 3 rings (SSSR count). The normalized spacial score (nSPS) is 22.4. The average Bonchev–Trinajstić information content (AvgIpc) is 2.69. The van der Waals surface area contributed by atoms with Gasteiger partial charge in [0.25, 0.3) is 0 Å². The van der Waals surface area contributed by atoms with Gasteiger partial charge in [0.15, 0.2) is 0 Å². The lowest BCUT2D eigenvalue weighted by Crippen LogP contribution is -2.28. The molecule has 2 heterocycles. The van der Waals surface area contributed by atoms with Crippen LogP contribution in [-0.2, 0) is 0 Å². The van der Waals surface area contributed by atoms with Crippen LogP contribution in [0.4, 0.5) is 5.82 Å². The largest absolute Gasteiger partial charge is 0.367 e. The fourth-order valence-corrected chi connectivity index (χ4v) is 3.15. The summed E-state index contributed by atoms with van der Waals surface area (Å²) in [7, 11) is 0. The van der Waals surface area contributed by atoms with Gasteiger partial charge in [-0.05, 0) is 36.2 Å². The monoisotopic (exact) mass is 305 g/mol. The third kappa shape index (κ3) is 1.85. The molecular weight excluding hydrogens is 290 g/mol. The summed E-state index contributed by atoms with van der Waals surface area (Å²) >= 11 is 3.68. The highest BCUT2D eigenvalue weighted by Gasteiger charge is 2.26. The molecule has 0 bridgehead atoms. The second-order valence-electron chi connectivity index (χ2n) is 4.95. The van der Waals surface area contributed by atoms with E-state index in [4.69, 9.17) is 5.10 Å². The molecule has 94 valence electrons. The van der Waals surface area contributed by atoms with Gasteiger partial charge in [0, 0.05) is 11.6 Å². The van der Waals surface area contributed by atoms with Crippen molar-refractivity contribution < 1.29 is 0 Å². The molecule has 1 N–H and O–H groups in total. The minimum Gasteiger partial charge on any atom is -0.367 e. The summed E-state index contributed by atoms with van der Waals surface area (Å²) in [6.45, 7) is 4.43. The molecule has 4 heteroatoms. The van der Waals surface area contributed by atoms with Gasteiger partial charge >= 0.3 is 0 Å². The number of nitrogens with one attached hydrogen (secondary N) is 1. The number of hydrogen-bond donors (Lipinski definition) is 1. The molecule has 0 fully saturated rings. The van der Waals surface area contributed by atoms with Gasteiger partial charge in [-0.2, -0.15) is 5.10 Å². The molecule has 1 aliphatic rings. The van der Waals surface area contributed by atoms with Crippen LogP contribution in [0.15, 0.2) is 34.8 Å². The predicted molar refractivity (Wildman–Crippen MR) is 77.8 cm³/mol. The molecule has 0 saturated heterocycles. The third-order valence-electron chi connectivity index (χ3n) is 3.40. The lowest BCUT2D eigenvalue weighted by atomic mass is 10.1. The number of hydrogen-bond acceptors (Lipinski definition) is 2. The summed E-state index contributed by atoms with van der Waals surface area (Å²) < 4.78 is 3.15. The van der Waals surface area contributed by atoms with Crippen LogP contribution in [0.3, 0.4) is 0 Å². The summed E-state index contributed by atoms with van der Waals surface area (Å²) in [5.41, 5.74) is 2.16. The van der Waals surface area contributed by atoms with E-state index >= 15 is 0 Å². The van der Waals surface area contributed by atoms with Crippen LogP contribution in [0.25, 0.3) is 11.3 Å². The summed E-state index contributed by atoms with van der Waals surface area (Å²) in [6.07, 6.45) is 1.11. The van der Waals surface area contributed by atoms with Gasteiger partial charge in [-0.25, -0.2) is 4.68 Å². The molecular formula is C14H16BrN3. The highest BCUT2D eigenvalue weighted by molar-refractivity contribution is 9.10. The second kappa shape index (κ2) is 4.43. The molecule has 0 radical (unpaired) electrons. The maximum absolute atomic E-state index is 4.74. The van der Waals surface area contributed by atoms with Crippen molar-refractivity contribution in [2.24, 2.45) is 0 Å². The second-order valence-corrected chi connectivity index (χ2v) is 5.74. The summed E-state index contributed by atoms with van der Waals surface area (Å²) in [4.78, 5) is 0. The Balaban J connectivity index is 2.12. The number of fused-ring (bicyclic) bond motifs is 1. The molecule has 18 heavy (non-hydrogen) atoms. The van der Waals surface area contributed by atoms with Crippen LogP contribution in [0, 0.1) is 0 Å². The van der Waals surface area contributed by atoms with E-state index in [1.807, 2.05) is 18.2 Å².